The van der Waals surface area contributed by atoms with E-state index in [2.05, 4.69) is 22.3 Å². The molecule has 0 aliphatic carbocycles. The third-order valence-corrected chi connectivity index (χ3v) is 4.62. The molecule has 132 valence electrons. The number of amides is 1. The molecule has 5 nitrogen and oxygen atoms in total. The Morgan fingerprint density at radius 2 is 1.68 bits per heavy atom. The number of para-hydroxylation sites is 1. The zero-order valence-corrected chi connectivity index (χ0v) is 14.7. The van der Waals surface area contributed by atoms with Crippen molar-refractivity contribution in [2.45, 2.75) is 18.9 Å². The van der Waals surface area contributed by atoms with Gasteiger partial charge in [-0.15, -0.1) is 0 Å². The molecule has 0 atom stereocenters. The molecule has 1 heterocycles. The summed E-state index contributed by atoms with van der Waals surface area (Å²) in [7, 11) is 3.25. The van der Waals surface area contributed by atoms with E-state index in [0.717, 1.165) is 31.7 Å². The van der Waals surface area contributed by atoms with Gasteiger partial charge in [0.2, 0.25) is 0 Å². The summed E-state index contributed by atoms with van der Waals surface area (Å²) >= 11 is 0. The molecule has 1 fully saturated rings. The van der Waals surface area contributed by atoms with Gasteiger partial charge >= 0.3 is 0 Å². The van der Waals surface area contributed by atoms with E-state index in [1.54, 1.807) is 26.4 Å². The summed E-state index contributed by atoms with van der Waals surface area (Å²) in [6.07, 6.45) is 1.85. The normalized spacial score (nSPS) is 14.9. The van der Waals surface area contributed by atoms with Crippen molar-refractivity contribution >= 4 is 11.6 Å². The standard InChI is InChI=1S/C20H24N2O3/c1-24-17-9-7-16(8-10-17)22-13-11-15(12-14-22)21-20(23)18-5-3-4-6-19(18)25-2/h3-10,15H,11-14H2,1-2H3,(H,21,23). The summed E-state index contributed by atoms with van der Waals surface area (Å²) in [5.74, 6) is 1.40. The molecule has 25 heavy (non-hydrogen) atoms. The van der Waals surface area contributed by atoms with Gasteiger partial charge in [0.15, 0.2) is 0 Å². The molecule has 0 spiro atoms. The third-order valence-electron chi connectivity index (χ3n) is 4.62. The summed E-state index contributed by atoms with van der Waals surface area (Å²) in [4.78, 5) is 14.8. The first-order valence-electron chi connectivity index (χ1n) is 8.54. The summed E-state index contributed by atoms with van der Waals surface area (Å²) in [5, 5.41) is 3.13. The predicted octanol–water partition coefficient (Wildman–Crippen LogP) is 3.10. The Bertz CT molecular complexity index is 707. The SMILES string of the molecule is COc1ccc(N2CCC(NC(=O)c3ccccc3OC)CC2)cc1. The fraction of sp³-hybridized carbons (Fsp3) is 0.350. The highest BCUT2D eigenvalue weighted by atomic mass is 16.5. The lowest BCUT2D eigenvalue weighted by Crippen LogP contribution is -2.44. The number of hydrogen-bond donors (Lipinski definition) is 1. The Kier molecular flexibility index (Phi) is 5.43. The van der Waals surface area contributed by atoms with Crippen molar-refractivity contribution < 1.29 is 14.3 Å². The highest BCUT2D eigenvalue weighted by Crippen LogP contribution is 2.23. The summed E-state index contributed by atoms with van der Waals surface area (Å²) in [6.45, 7) is 1.84. The second-order valence-electron chi connectivity index (χ2n) is 6.13. The molecule has 0 saturated carbocycles. The van der Waals surface area contributed by atoms with Crippen LogP contribution in [0.3, 0.4) is 0 Å². The van der Waals surface area contributed by atoms with E-state index in [1.165, 1.54) is 5.69 Å². The van der Waals surface area contributed by atoms with Gasteiger partial charge in [0.05, 0.1) is 19.8 Å². The average Bonchev–Trinajstić information content (AvgIpc) is 2.68. The number of nitrogens with one attached hydrogen (secondary N) is 1. The van der Waals surface area contributed by atoms with Gasteiger partial charge < -0.3 is 19.7 Å². The molecule has 0 aromatic heterocycles. The Hall–Kier alpha value is -2.69. The van der Waals surface area contributed by atoms with Crippen molar-refractivity contribution in [2.75, 3.05) is 32.2 Å². The number of nitrogens with zero attached hydrogens (tertiary/aromatic N) is 1. The maximum Gasteiger partial charge on any atom is 0.255 e. The first-order valence-corrected chi connectivity index (χ1v) is 8.54. The number of carbonyl (C=O) groups excluding carboxylic acids is 1. The van der Waals surface area contributed by atoms with Crippen LogP contribution < -0.4 is 19.7 Å². The zero-order valence-electron chi connectivity index (χ0n) is 14.7. The van der Waals surface area contributed by atoms with Gasteiger partial charge in [0.1, 0.15) is 11.5 Å². The molecule has 1 aliphatic heterocycles. The van der Waals surface area contributed by atoms with Crippen molar-refractivity contribution in [2.24, 2.45) is 0 Å². The molecule has 1 aliphatic rings. The van der Waals surface area contributed by atoms with E-state index in [-0.39, 0.29) is 11.9 Å². The molecule has 1 saturated heterocycles. The minimum atomic E-state index is -0.0691. The van der Waals surface area contributed by atoms with Crippen molar-refractivity contribution in [3.8, 4) is 11.5 Å². The fourth-order valence-electron chi connectivity index (χ4n) is 3.17. The van der Waals surface area contributed by atoms with E-state index in [9.17, 15) is 4.79 Å². The van der Waals surface area contributed by atoms with Gasteiger partial charge in [-0.1, -0.05) is 12.1 Å². The van der Waals surface area contributed by atoms with E-state index in [4.69, 9.17) is 9.47 Å². The number of anilines is 1. The molecule has 5 heteroatoms. The van der Waals surface area contributed by atoms with Crippen LogP contribution in [0.2, 0.25) is 0 Å². The molecule has 2 aromatic rings. The average molecular weight is 340 g/mol. The molecule has 2 aromatic carbocycles. The summed E-state index contributed by atoms with van der Waals surface area (Å²) < 4.78 is 10.5. The molecule has 1 N–H and O–H groups in total. The third kappa shape index (κ3) is 4.05. The predicted molar refractivity (Wildman–Crippen MR) is 98.7 cm³/mol. The highest BCUT2D eigenvalue weighted by molar-refractivity contribution is 5.97. The topological polar surface area (TPSA) is 50.8 Å². The van der Waals surface area contributed by atoms with Crippen LogP contribution in [0.25, 0.3) is 0 Å². The fourth-order valence-corrected chi connectivity index (χ4v) is 3.17. The van der Waals surface area contributed by atoms with Crippen LogP contribution >= 0.6 is 0 Å². The molecule has 3 rings (SSSR count). The smallest absolute Gasteiger partial charge is 0.255 e. The number of piperidine rings is 1. The molecule has 0 bridgehead atoms. The van der Waals surface area contributed by atoms with Crippen LogP contribution in [0.15, 0.2) is 48.5 Å². The van der Waals surface area contributed by atoms with Crippen molar-refractivity contribution in [3.05, 3.63) is 54.1 Å². The van der Waals surface area contributed by atoms with Gasteiger partial charge in [-0.2, -0.15) is 0 Å². The second-order valence-corrected chi connectivity index (χ2v) is 6.13. The van der Waals surface area contributed by atoms with Gasteiger partial charge in [0.25, 0.3) is 5.91 Å². The highest BCUT2D eigenvalue weighted by Gasteiger charge is 2.22. The van der Waals surface area contributed by atoms with Crippen LogP contribution in [0.1, 0.15) is 23.2 Å². The number of benzene rings is 2. The van der Waals surface area contributed by atoms with E-state index >= 15 is 0 Å². The number of rotatable bonds is 5. The first kappa shape index (κ1) is 17.1. The van der Waals surface area contributed by atoms with Crippen LogP contribution in [0, 0.1) is 0 Å². The molecule has 0 unspecified atom stereocenters. The number of hydrogen-bond acceptors (Lipinski definition) is 4. The van der Waals surface area contributed by atoms with Gasteiger partial charge in [-0.25, -0.2) is 0 Å². The van der Waals surface area contributed by atoms with Gasteiger partial charge in [0, 0.05) is 24.8 Å². The maximum absolute atomic E-state index is 12.5. The molecular formula is C20H24N2O3. The second kappa shape index (κ2) is 7.92. The van der Waals surface area contributed by atoms with Crippen LogP contribution in [-0.2, 0) is 0 Å². The monoisotopic (exact) mass is 340 g/mol. The molecule has 0 radical (unpaired) electrons. The zero-order chi connectivity index (χ0) is 17.6. The molecule has 1 amide bonds. The van der Waals surface area contributed by atoms with Crippen molar-refractivity contribution in [3.63, 3.8) is 0 Å². The Labute approximate surface area is 148 Å². The Balaban J connectivity index is 1.56. The Morgan fingerprint density at radius 3 is 2.32 bits per heavy atom. The number of ether oxygens (including phenoxy) is 2. The lowest BCUT2D eigenvalue weighted by atomic mass is 10.0. The van der Waals surface area contributed by atoms with Crippen LogP contribution in [-0.4, -0.2) is 39.3 Å². The van der Waals surface area contributed by atoms with Crippen molar-refractivity contribution in [1.29, 1.82) is 0 Å². The minimum Gasteiger partial charge on any atom is -0.497 e. The van der Waals surface area contributed by atoms with E-state index in [0.29, 0.717) is 11.3 Å². The summed E-state index contributed by atoms with van der Waals surface area (Å²) in [6, 6.07) is 15.6. The first-order chi connectivity index (χ1) is 12.2. The van der Waals surface area contributed by atoms with E-state index < -0.39 is 0 Å². The number of methoxy groups -OCH3 is 2. The van der Waals surface area contributed by atoms with Gasteiger partial charge in [-0.3, -0.25) is 4.79 Å². The maximum atomic E-state index is 12.5. The molecular weight excluding hydrogens is 316 g/mol. The van der Waals surface area contributed by atoms with E-state index in [1.807, 2.05) is 24.3 Å². The summed E-state index contributed by atoms with van der Waals surface area (Å²) in [5.41, 5.74) is 1.78. The Morgan fingerprint density at radius 1 is 1.00 bits per heavy atom. The quantitative estimate of drug-likeness (QED) is 0.909. The number of carbonyl (C=O) groups is 1. The lowest BCUT2D eigenvalue weighted by molar-refractivity contribution is 0.0928. The minimum absolute atomic E-state index is 0.0691. The van der Waals surface area contributed by atoms with Crippen LogP contribution in [0.4, 0.5) is 5.69 Å². The van der Waals surface area contributed by atoms with Gasteiger partial charge in [-0.05, 0) is 49.2 Å². The van der Waals surface area contributed by atoms with Crippen molar-refractivity contribution in [1.82, 2.24) is 5.32 Å². The largest absolute Gasteiger partial charge is 0.497 e. The van der Waals surface area contributed by atoms with Crippen LogP contribution in [0.5, 0.6) is 11.5 Å². The lowest BCUT2D eigenvalue weighted by Gasteiger charge is -2.34.